The fraction of sp³-hybridized carbons (Fsp3) is 0.632. The molecule has 0 bridgehead atoms. The fourth-order valence-corrected chi connectivity index (χ4v) is 2.66. The predicted molar refractivity (Wildman–Crippen MR) is 104 cm³/mol. The maximum absolute atomic E-state index is 10.4. The Morgan fingerprint density at radius 3 is 1.65 bits per heavy atom. The summed E-state index contributed by atoms with van der Waals surface area (Å²) in [6.07, 6.45) is 13.9. The van der Waals surface area contributed by atoms with Crippen molar-refractivity contribution >= 4 is 52.6 Å². The average Bonchev–Trinajstić information content (AvgIpc) is 2.49. The van der Waals surface area contributed by atoms with Crippen molar-refractivity contribution in [2.75, 3.05) is 0 Å². The van der Waals surface area contributed by atoms with E-state index < -0.39 is 5.97 Å². The van der Waals surface area contributed by atoms with Crippen molar-refractivity contribution < 1.29 is 9.90 Å². The van der Waals surface area contributed by atoms with Crippen LogP contribution in [0.25, 0.3) is 0 Å². The first-order valence-electron chi connectivity index (χ1n) is 8.55. The van der Waals surface area contributed by atoms with Gasteiger partial charge in [-0.15, -0.1) is 0 Å². The third kappa shape index (κ3) is 16.8. The predicted octanol–water partition coefficient (Wildman–Crippen LogP) is 4.04. The minimum absolute atomic E-state index is 0. The van der Waals surface area contributed by atoms with Crippen molar-refractivity contribution in [1.82, 2.24) is 0 Å². The van der Waals surface area contributed by atoms with Crippen LogP contribution in [0.15, 0.2) is 30.3 Å². The van der Waals surface area contributed by atoms with Gasteiger partial charge in [-0.1, -0.05) is 81.7 Å². The summed E-state index contributed by atoms with van der Waals surface area (Å²) in [6.45, 7) is 0. The van der Waals surface area contributed by atoms with E-state index in [-0.39, 0.29) is 46.6 Å². The second-order valence-corrected chi connectivity index (χ2v) is 5.91. The first-order chi connectivity index (χ1) is 10.3. The van der Waals surface area contributed by atoms with Crippen LogP contribution in [-0.2, 0) is 11.2 Å². The molecule has 0 saturated carbocycles. The van der Waals surface area contributed by atoms with Crippen molar-refractivity contribution in [2.24, 2.45) is 0 Å². The van der Waals surface area contributed by atoms with Gasteiger partial charge < -0.3 is 5.11 Å². The number of hydrogen-bond donors (Lipinski definition) is 1. The van der Waals surface area contributed by atoms with Crippen molar-refractivity contribution in [3.8, 4) is 0 Å². The van der Waals surface area contributed by atoms with Crippen LogP contribution in [0, 0.1) is 0 Å². The summed E-state index contributed by atoms with van der Waals surface area (Å²) >= 11 is 0. The number of rotatable bonds is 13. The zero-order valence-corrected chi connectivity index (χ0v) is 15.8. The normalized spacial score (nSPS) is 9.74. The van der Waals surface area contributed by atoms with Crippen molar-refractivity contribution in [3.05, 3.63) is 35.9 Å². The van der Waals surface area contributed by atoms with Gasteiger partial charge in [0.1, 0.15) is 0 Å². The molecule has 0 unspecified atom stereocenters. The van der Waals surface area contributed by atoms with Gasteiger partial charge in [-0.2, -0.15) is 0 Å². The molecular formula is C19H33NaO2Se. The molecule has 128 valence electrons. The molecule has 1 N–H and O–H groups in total. The van der Waals surface area contributed by atoms with Gasteiger partial charge in [0, 0.05) is 6.42 Å². The number of aryl methyl sites for hydroxylation is 1. The third-order valence-corrected chi connectivity index (χ3v) is 3.95. The molecule has 0 aliphatic heterocycles. The number of benzene rings is 1. The molecular weight excluding hydrogens is 362 g/mol. The number of carbonyl (C=O) groups is 1. The van der Waals surface area contributed by atoms with Crippen LogP contribution in [0.1, 0.15) is 76.2 Å². The Hall–Kier alpha value is 0.209. The average molecular weight is 395 g/mol. The molecule has 0 amide bonds. The molecule has 0 aliphatic rings. The Balaban J connectivity index is 0. The summed E-state index contributed by atoms with van der Waals surface area (Å²) in [5.41, 5.74) is 1.46. The van der Waals surface area contributed by atoms with E-state index >= 15 is 0 Å². The van der Waals surface area contributed by atoms with Crippen LogP contribution in [-0.4, -0.2) is 57.7 Å². The standard InChI is InChI=1S/C19H30O2.Na.H2Se.H/c20-19(21)17-13-8-6-4-2-1-3-5-7-10-14-18-15-11-9-12-16-18;;;/h9,11-12,15-16H,1-8,10,13-14,17H2,(H,20,21);;1H2;. The Morgan fingerprint density at radius 2 is 1.17 bits per heavy atom. The van der Waals surface area contributed by atoms with E-state index in [0.29, 0.717) is 6.42 Å². The van der Waals surface area contributed by atoms with Crippen LogP contribution >= 0.6 is 0 Å². The molecule has 0 saturated heterocycles. The number of aliphatic carboxylic acids is 1. The van der Waals surface area contributed by atoms with Gasteiger partial charge in [0.25, 0.3) is 0 Å². The molecule has 0 radical (unpaired) electrons. The molecule has 1 aromatic carbocycles. The van der Waals surface area contributed by atoms with Crippen LogP contribution in [0.5, 0.6) is 0 Å². The molecule has 0 aliphatic carbocycles. The summed E-state index contributed by atoms with van der Waals surface area (Å²) in [4.78, 5) is 10.4. The van der Waals surface area contributed by atoms with Gasteiger partial charge in [0.2, 0.25) is 0 Å². The van der Waals surface area contributed by atoms with Crippen molar-refractivity contribution in [2.45, 2.75) is 77.0 Å². The van der Waals surface area contributed by atoms with Gasteiger partial charge in [-0.3, -0.25) is 4.79 Å². The SMILES string of the molecule is O=C(O)CCCCCCCCCCCCc1ccccc1.[NaH].[SeH2]. The third-order valence-electron chi connectivity index (χ3n) is 3.95. The first kappa shape index (κ1) is 25.4. The Bertz CT molecular complexity index is 371. The number of carboxylic acids is 1. The fourth-order valence-electron chi connectivity index (χ4n) is 2.66. The van der Waals surface area contributed by atoms with E-state index in [0.717, 1.165) is 12.8 Å². The zero-order chi connectivity index (χ0) is 15.2. The second-order valence-electron chi connectivity index (χ2n) is 5.91. The molecule has 0 fully saturated rings. The summed E-state index contributed by atoms with van der Waals surface area (Å²) in [5.74, 6) is -0.662. The maximum atomic E-state index is 10.4. The minimum atomic E-state index is -0.662. The molecule has 0 atom stereocenters. The van der Waals surface area contributed by atoms with E-state index in [9.17, 15) is 4.79 Å². The topological polar surface area (TPSA) is 37.3 Å². The quantitative estimate of drug-likeness (QED) is 0.404. The van der Waals surface area contributed by atoms with Crippen LogP contribution in [0.4, 0.5) is 0 Å². The number of hydrogen-bond acceptors (Lipinski definition) is 1. The summed E-state index contributed by atoms with van der Waals surface area (Å²) in [6, 6.07) is 10.7. The van der Waals surface area contributed by atoms with E-state index in [1.54, 1.807) is 0 Å². The van der Waals surface area contributed by atoms with Crippen molar-refractivity contribution in [1.29, 1.82) is 0 Å². The molecule has 23 heavy (non-hydrogen) atoms. The van der Waals surface area contributed by atoms with Crippen molar-refractivity contribution in [3.63, 3.8) is 0 Å². The van der Waals surface area contributed by atoms with Gasteiger partial charge in [-0.25, -0.2) is 0 Å². The monoisotopic (exact) mass is 396 g/mol. The molecule has 0 spiro atoms. The van der Waals surface area contributed by atoms with E-state index in [1.165, 1.54) is 63.4 Å². The molecule has 0 heterocycles. The van der Waals surface area contributed by atoms with Gasteiger partial charge in [0.15, 0.2) is 0 Å². The Labute approximate surface area is 174 Å². The van der Waals surface area contributed by atoms with Gasteiger partial charge in [0.05, 0.1) is 0 Å². The molecule has 2 nitrogen and oxygen atoms in total. The first-order valence-corrected chi connectivity index (χ1v) is 8.55. The second kappa shape index (κ2) is 18.5. The molecule has 1 rings (SSSR count). The zero-order valence-electron chi connectivity index (χ0n) is 13.7. The van der Waals surface area contributed by atoms with Crippen LogP contribution in [0.2, 0.25) is 0 Å². The molecule has 0 aromatic heterocycles. The summed E-state index contributed by atoms with van der Waals surface area (Å²) < 4.78 is 0. The number of unbranched alkanes of at least 4 members (excludes halogenated alkanes) is 9. The van der Waals surface area contributed by atoms with Gasteiger partial charge in [-0.05, 0) is 24.8 Å². The van der Waals surface area contributed by atoms with Gasteiger partial charge >= 0.3 is 52.6 Å². The Kier molecular flexibility index (Phi) is 20.5. The van der Waals surface area contributed by atoms with Crippen LogP contribution in [0.3, 0.4) is 0 Å². The van der Waals surface area contributed by atoms with E-state index in [4.69, 9.17) is 5.11 Å². The summed E-state index contributed by atoms with van der Waals surface area (Å²) in [5, 5.41) is 8.53. The summed E-state index contributed by atoms with van der Waals surface area (Å²) in [7, 11) is 0. The molecule has 4 heteroatoms. The van der Waals surface area contributed by atoms with Crippen LogP contribution < -0.4 is 0 Å². The Morgan fingerprint density at radius 1 is 0.739 bits per heavy atom. The van der Waals surface area contributed by atoms with E-state index in [2.05, 4.69) is 30.3 Å². The van der Waals surface area contributed by atoms with E-state index in [1.807, 2.05) is 0 Å². The molecule has 1 aromatic rings. The number of carboxylic acid groups (broad SMARTS) is 1.